The van der Waals surface area contributed by atoms with E-state index in [2.05, 4.69) is 21.9 Å². The van der Waals surface area contributed by atoms with Gasteiger partial charge in [0.25, 0.3) is 5.91 Å². The number of methoxy groups -OCH3 is 1. The van der Waals surface area contributed by atoms with Crippen molar-refractivity contribution in [3.8, 4) is 22.8 Å². The summed E-state index contributed by atoms with van der Waals surface area (Å²) in [6.45, 7) is 14.1. The first kappa shape index (κ1) is 45.7. The van der Waals surface area contributed by atoms with E-state index in [9.17, 15) is 32.4 Å². The molecule has 0 spiro atoms. The topological polar surface area (TPSA) is 199 Å². The molecule has 15 nitrogen and oxygen atoms in total. The molecule has 2 aliphatic carbocycles. The highest BCUT2D eigenvalue weighted by Crippen LogP contribution is 2.49. The van der Waals surface area contributed by atoms with Gasteiger partial charge in [0.2, 0.25) is 21.8 Å². The SMILES string of the molecule is C=CC1C[C@]1(NC(=O)[C@@H]1C[C@@H](Oc2cc(-c3ccccc3)nc3cc(OC)ccc23)CN1C(=O)[C@@H](NC(=O)OC(C)(C)C)C(C)(C)C)C(=O)NS(=O)(=O)C1(C(=O)c2ccccc2)CC1. The van der Waals surface area contributed by atoms with Crippen LogP contribution in [0.1, 0.15) is 77.6 Å². The summed E-state index contributed by atoms with van der Waals surface area (Å²) in [5, 5.41) is 6.17. The van der Waals surface area contributed by atoms with Gasteiger partial charge in [0.05, 0.1) is 24.9 Å². The number of aromatic nitrogens is 1. The monoisotopic (exact) mass is 893 g/mol. The Balaban J connectivity index is 1.21. The zero-order chi connectivity index (χ0) is 46.4. The Morgan fingerprint density at radius 1 is 0.922 bits per heavy atom. The number of alkyl carbamates (subject to hydrolysis) is 1. The van der Waals surface area contributed by atoms with E-state index in [1.165, 1.54) is 23.1 Å². The minimum atomic E-state index is -4.58. The van der Waals surface area contributed by atoms with Crippen molar-refractivity contribution in [2.45, 2.75) is 101 Å². The van der Waals surface area contributed by atoms with Gasteiger partial charge in [0, 0.05) is 41.0 Å². The molecule has 1 aliphatic heterocycles. The number of amides is 4. The van der Waals surface area contributed by atoms with Crippen LogP contribution in [-0.4, -0.2) is 95.6 Å². The van der Waals surface area contributed by atoms with Crippen LogP contribution in [-0.2, 0) is 29.1 Å². The standard InChI is InChI=1S/C48H55N5O10S/c1-9-31-27-48(31,43(57)52-64(59,60)47(22-23-47)40(54)30-18-14-11-15-19-30)51-41(55)37-25-33(28-53(37)42(56)39(45(2,3)4)50-44(58)63-46(5,6)7)62-38-26-35(29-16-12-10-13-17-29)49-36-24-32(61-8)20-21-34(36)38/h9-21,24,26,31,33,37,39H,1,22-23,25,27-28H2,2-8H3,(H,50,58)(H,51,55)(H,52,57)/t31?,33-,37+,39-,48-/m1/s1. The van der Waals surface area contributed by atoms with Crippen molar-refractivity contribution in [1.29, 1.82) is 0 Å². The second-order valence-corrected chi connectivity index (χ2v) is 20.8. The van der Waals surface area contributed by atoms with Crippen LogP contribution < -0.4 is 24.8 Å². The van der Waals surface area contributed by atoms with Crippen LogP contribution in [0.5, 0.6) is 11.5 Å². The molecule has 64 heavy (non-hydrogen) atoms. The summed E-state index contributed by atoms with van der Waals surface area (Å²) in [6, 6.07) is 22.2. The van der Waals surface area contributed by atoms with Gasteiger partial charge in [-0.1, -0.05) is 87.5 Å². The smallest absolute Gasteiger partial charge is 0.408 e. The van der Waals surface area contributed by atoms with Gasteiger partial charge in [0.1, 0.15) is 40.8 Å². The van der Waals surface area contributed by atoms with Crippen LogP contribution in [0.25, 0.3) is 22.2 Å². The molecule has 5 atom stereocenters. The lowest BCUT2D eigenvalue weighted by Gasteiger charge is -2.36. The second-order valence-electron chi connectivity index (χ2n) is 18.8. The fraction of sp³-hybridized carbons (Fsp3) is 0.417. The molecule has 16 heteroatoms. The van der Waals surface area contributed by atoms with E-state index in [0.29, 0.717) is 28.1 Å². The number of fused-ring (bicyclic) bond motifs is 1. The van der Waals surface area contributed by atoms with Gasteiger partial charge < -0.3 is 29.7 Å². The van der Waals surface area contributed by atoms with Crippen molar-refractivity contribution in [3.05, 3.63) is 103 Å². The normalized spacial score (nSPS) is 21.8. The number of ketones is 1. The molecule has 3 aromatic carbocycles. The maximum Gasteiger partial charge on any atom is 0.408 e. The highest BCUT2D eigenvalue weighted by atomic mass is 32.2. The van der Waals surface area contributed by atoms with E-state index in [1.807, 2.05) is 36.4 Å². The summed E-state index contributed by atoms with van der Waals surface area (Å²) in [7, 11) is -3.02. The summed E-state index contributed by atoms with van der Waals surface area (Å²) >= 11 is 0. The first-order valence-electron chi connectivity index (χ1n) is 21.2. The van der Waals surface area contributed by atoms with Crippen molar-refractivity contribution >= 4 is 50.5 Å². The summed E-state index contributed by atoms with van der Waals surface area (Å²) in [5.74, 6) is -2.67. The number of carbonyl (C=O) groups excluding carboxylic acids is 5. The molecule has 1 aromatic heterocycles. The number of hydrogen-bond donors (Lipinski definition) is 3. The van der Waals surface area contributed by atoms with Crippen molar-refractivity contribution in [3.63, 3.8) is 0 Å². The number of benzene rings is 3. The molecule has 4 amide bonds. The van der Waals surface area contributed by atoms with Crippen LogP contribution >= 0.6 is 0 Å². The number of rotatable bonds is 14. The van der Waals surface area contributed by atoms with E-state index < -0.39 is 85.0 Å². The predicted octanol–water partition coefficient (Wildman–Crippen LogP) is 6.12. The van der Waals surface area contributed by atoms with Gasteiger partial charge >= 0.3 is 6.09 Å². The molecule has 1 unspecified atom stereocenters. The molecule has 1 saturated heterocycles. The highest BCUT2D eigenvalue weighted by molar-refractivity contribution is 7.92. The summed E-state index contributed by atoms with van der Waals surface area (Å²) in [6.07, 6.45) is -0.165. The number of likely N-dealkylation sites (tertiary alicyclic amines) is 1. The van der Waals surface area contributed by atoms with Crippen molar-refractivity contribution < 1.29 is 46.6 Å². The van der Waals surface area contributed by atoms with Gasteiger partial charge in [0.15, 0.2) is 10.5 Å². The third-order valence-electron chi connectivity index (χ3n) is 11.9. The first-order chi connectivity index (χ1) is 30.1. The molecule has 3 N–H and O–H groups in total. The van der Waals surface area contributed by atoms with E-state index in [1.54, 1.807) is 85.1 Å². The Labute approximate surface area is 373 Å². The van der Waals surface area contributed by atoms with Crippen molar-refractivity contribution in [1.82, 2.24) is 25.2 Å². The first-order valence-corrected chi connectivity index (χ1v) is 22.7. The van der Waals surface area contributed by atoms with E-state index in [4.69, 9.17) is 19.2 Å². The maximum absolute atomic E-state index is 14.8. The lowest BCUT2D eigenvalue weighted by Crippen LogP contribution is -2.60. The molecule has 3 fully saturated rings. The summed E-state index contributed by atoms with van der Waals surface area (Å²) in [5.41, 5.74) is -1.30. The Kier molecular flexibility index (Phi) is 12.2. The third kappa shape index (κ3) is 9.19. The van der Waals surface area contributed by atoms with Crippen LogP contribution in [0.4, 0.5) is 4.79 Å². The molecular weight excluding hydrogens is 839 g/mol. The number of nitrogens with one attached hydrogen (secondary N) is 3. The summed E-state index contributed by atoms with van der Waals surface area (Å²) < 4.78 is 45.8. The van der Waals surface area contributed by atoms with Crippen LogP contribution in [0, 0.1) is 11.3 Å². The second kappa shape index (κ2) is 17.0. The number of nitrogens with zero attached hydrogens (tertiary/aromatic N) is 2. The molecule has 338 valence electrons. The Hall–Kier alpha value is -6.29. The molecule has 4 aromatic rings. The van der Waals surface area contributed by atoms with E-state index in [-0.39, 0.29) is 37.8 Å². The molecule has 7 rings (SSSR count). The number of sulfonamides is 1. The highest BCUT2D eigenvalue weighted by Gasteiger charge is 2.66. The fourth-order valence-electron chi connectivity index (χ4n) is 8.18. The lowest BCUT2D eigenvalue weighted by atomic mass is 9.85. The van der Waals surface area contributed by atoms with Crippen LogP contribution in [0.2, 0.25) is 0 Å². The zero-order valence-electron chi connectivity index (χ0n) is 37.1. The van der Waals surface area contributed by atoms with Gasteiger partial charge in [-0.2, -0.15) is 0 Å². The number of ether oxygens (including phenoxy) is 3. The number of carbonyl (C=O) groups is 5. The fourth-order valence-corrected chi connectivity index (χ4v) is 9.81. The number of hydrogen-bond acceptors (Lipinski definition) is 11. The summed E-state index contributed by atoms with van der Waals surface area (Å²) in [4.78, 5) is 76.6. The molecule has 0 bridgehead atoms. The predicted molar refractivity (Wildman–Crippen MR) is 240 cm³/mol. The average molecular weight is 894 g/mol. The number of Topliss-reactive ketones (excluding diaryl/α,β-unsaturated/α-hetero) is 1. The Morgan fingerprint density at radius 3 is 2.16 bits per heavy atom. The molecular formula is C48H55N5O10S. The average Bonchev–Trinajstić information content (AvgIpc) is 4.16. The van der Waals surface area contributed by atoms with Crippen LogP contribution in [0.3, 0.4) is 0 Å². The van der Waals surface area contributed by atoms with Crippen molar-refractivity contribution in [2.24, 2.45) is 11.3 Å². The molecule has 2 saturated carbocycles. The largest absolute Gasteiger partial charge is 0.497 e. The van der Waals surface area contributed by atoms with Gasteiger partial charge in [-0.15, -0.1) is 6.58 Å². The van der Waals surface area contributed by atoms with Crippen molar-refractivity contribution in [2.75, 3.05) is 13.7 Å². The Morgan fingerprint density at radius 2 is 1.58 bits per heavy atom. The molecule has 2 heterocycles. The third-order valence-corrected chi connectivity index (χ3v) is 14.0. The quantitative estimate of drug-likeness (QED) is 0.0974. The van der Waals surface area contributed by atoms with Crippen LogP contribution in [0.15, 0.2) is 97.6 Å². The van der Waals surface area contributed by atoms with Gasteiger partial charge in [-0.05, 0) is 57.6 Å². The zero-order valence-corrected chi connectivity index (χ0v) is 37.9. The maximum atomic E-state index is 14.8. The Bertz CT molecular complexity index is 2600. The molecule has 0 radical (unpaired) electrons. The minimum absolute atomic E-state index is 0.0172. The minimum Gasteiger partial charge on any atom is -0.497 e. The van der Waals surface area contributed by atoms with E-state index >= 15 is 0 Å². The van der Waals surface area contributed by atoms with E-state index in [0.717, 1.165) is 5.56 Å². The van der Waals surface area contributed by atoms with Gasteiger partial charge in [-0.3, -0.25) is 23.9 Å². The lowest BCUT2D eigenvalue weighted by molar-refractivity contribution is -0.143. The molecule has 3 aliphatic rings. The number of pyridine rings is 1. The van der Waals surface area contributed by atoms with Gasteiger partial charge in [-0.25, -0.2) is 18.2 Å².